The molecule has 0 unspecified atom stereocenters. The monoisotopic (exact) mass is 379 g/mol. The van der Waals surface area contributed by atoms with Crippen LogP contribution in [-0.4, -0.2) is 26.6 Å². The van der Waals surface area contributed by atoms with Gasteiger partial charge in [0, 0.05) is 24.4 Å². The van der Waals surface area contributed by atoms with Crippen LogP contribution in [0.15, 0.2) is 59.5 Å². The molecule has 0 spiro atoms. The quantitative estimate of drug-likeness (QED) is 0.589. The first-order chi connectivity index (χ1) is 13.5. The molecule has 144 valence electrons. The van der Waals surface area contributed by atoms with Crippen molar-refractivity contribution in [2.24, 2.45) is 0 Å². The number of pyridine rings is 1. The predicted octanol–water partition coefficient (Wildman–Crippen LogP) is 1.94. The molecule has 2 aromatic heterocycles. The first kappa shape index (κ1) is 19.1. The third-order valence-corrected chi connectivity index (χ3v) is 4.11. The van der Waals surface area contributed by atoms with E-state index in [0.717, 1.165) is 11.4 Å². The van der Waals surface area contributed by atoms with Crippen LogP contribution in [-0.2, 0) is 16.1 Å². The smallest absolute Gasteiger partial charge is 0.314 e. The standard InChI is InChI=1S/C20H21N5O3/c1-13(2)16-11-17(25(24-16)15-8-4-3-5-9-15)23-20(28)19(27)22-12-14-7-6-10-21-18(14)26/h3-11,13H,12H2,1-2H3,(H,21,26)(H,22,27)(H,23,28). The SMILES string of the molecule is CC(C)c1cc(NC(=O)C(=O)NCc2ccc[nH]c2=O)n(-c2ccccc2)n1. The number of nitrogens with one attached hydrogen (secondary N) is 3. The van der Waals surface area contributed by atoms with E-state index in [1.165, 1.54) is 6.20 Å². The first-order valence-electron chi connectivity index (χ1n) is 8.87. The highest BCUT2D eigenvalue weighted by atomic mass is 16.2. The lowest BCUT2D eigenvalue weighted by atomic mass is 10.1. The molecule has 0 aliphatic heterocycles. The average Bonchev–Trinajstić information content (AvgIpc) is 3.12. The van der Waals surface area contributed by atoms with Gasteiger partial charge in [0.1, 0.15) is 5.82 Å². The Labute approximate surface area is 161 Å². The maximum atomic E-state index is 12.3. The van der Waals surface area contributed by atoms with Crippen LogP contribution in [0.25, 0.3) is 5.69 Å². The maximum Gasteiger partial charge on any atom is 0.314 e. The molecule has 0 radical (unpaired) electrons. The Bertz CT molecular complexity index is 1040. The Hall–Kier alpha value is -3.68. The van der Waals surface area contributed by atoms with Gasteiger partial charge in [0.15, 0.2) is 0 Å². The van der Waals surface area contributed by atoms with Gasteiger partial charge in [0.25, 0.3) is 5.56 Å². The van der Waals surface area contributed by atoms with Crippen molar-refractivity contribution < 1.29 is 9.59 Å². The number of rotatable bonds is 5. The van der Waals surface area contributed by atoms with E-state index in [4.69, 9.17) is 0 Å². The number of H-pyrrole nitrogens is 1. The van der Waals surface area contributed by atoms with Crippen molar-refractivity contribution in [3.05, 3.63) is 76.3 Å². The second-order valence-electron chi connectivity index (χ2n) is 6.52. The van der Waals surface area contributed by atoms with Crippen molar-refractivity contribution >= 4 is 17.6 Å². The number of aromatic amines is 1. The van der Waals surface area contributed by atoms with E-state index in [1.807, 2.05) is 44.2 Å². The molecule has 28 heavy (non-hydrogen) atoms. The van der Waals surface area contributed by atoms with Gasteiger partial charge in [-0.2, -0.15) is 5.10 Å². The van der Waals surface area contributed by atoms with E-state index in [0.29, 0.717) is 11.4 Å². The number of para-hydroxylation sites is 1. The molecule has 0 fully saturated rings. The first-order valence-corrected chi connectivity index (χ1v) is 8.87. The van der Waals surface area contributed by atoms with Crippen LogP contribution in [0.5, 0.6) is 0 Å². The molecule has 0 aliphatic carbocycles. The van der Waals surface area contributed by atoms with E-state index in [9.17, 15) is 14.4 Å². The lowest BCUT2D eigenvalue weighted by Crippen LogP contribution is -2.36. The fraction of sp³-hybridized carbons (Fsp3) is 0.200. The molecule has 2 heterocycles. The van der Waals surface area contributed by atoms with Gasteiger partial charge in [-0.3, -0.25) is 14.4 Å². The van der Waals surface area contributed by atoms with Crippen LogP contribution in [0.2, 0.25) is 0 Å². The summed E-state index contributed by atoms with van der Waals surface area (Å²) >= 11 is 0. The van der Waals surface area contributed by atoms with Gasteiger partial charge in [0.05, 0.1) is 11.4 Å². The number of hydrogen-bond donors (Lipinski definition) is 3. The summed E-state index contributed by atoms with van der Waals surface area (Å²) in [4.78, 5) is 38.6. The van der Waals surface area contributed by atoms with Crippen molar-refractivity contribution in [3.8, 4) is 5.69 Å². The maximum absolute atomic E-state index is 12.3. The van der Waals surface area contributed by atoms with Crippen LogP contribution < -0.4 is 16.2 Å². The highest BCUT2D eigenvalue weighted by Gasteiger charge is 2.19. The topological polar surface area (TPSA) is 109 Å². The molecule has 0 atom stereocenters. The zero-order valence-electron chi connectivity index (χ0n) is 15.6. The lowest BCUT2D eigenvalue weighted by molar-refractivity contribution is -0.136. The third kappa shape index (κ3) is 4.35. The zero-order valence-corrected chi connectivity index (χ0v) is 15.6. The molecule has 8 heteroatoms. The molecule has 0 aliphatic rings. The highest BCUT2D eigenvalue weighted by molar-refractivity contribution is 6.39. The summed E-state index contributed by atoms with van der Waals surface area (Å²) in [5.41, 5.74) is 1.60. The van der Waals surface area contributed by atoms with E-state index < -0.39 is 11.8 Å². The number of nitrogens with zero attached hydrogens (tertiary/aromatic N) is 2. The Kier molecular flexibility index (Phi) is 5.69. The van der Waals surface area contributed by atoms with Crippen molar-refractivity contribution in [1.29, 1.82) is 0 Å². The van der Waals surface area contributed by atoms with E-state index >= 15 is 0 Å². The third-order valence-electron chi connectivity index (χ3n) is 4.11. The summed E-state index contributed by atoms with van der Waals surface area (Å²) in [6.45, 7) is 3.94. The molecule has 8 nitrogen and oxygen atoms in total. The molecule has 0 saturated heterocycles. The van der Waals surface area contributed by atoms with Gasteiger partial charge in [-0.15, -0.1) is 0 Å². The Morgan fingerprint density at radius 3 is 2.54 bits per heavy atom. The summed E-state index contributed by atoms with van der Waals surface area (Å²) in [6.07, 6.45) is 1.50. The molecule has 1 aromatic carbocycles. The minimum absolute atomic E-state index is 0.0440. The molecule has 3 N–H and O–H groups in total. The molecule has 0 bridgehead atoms. The van der Waals surface area contributed by atoms with Gasteiger partial charge in [0.2, 0.25) is 0 Å². The molecule has 3 rings (SSSR count). The van der Waals surface area contributed by atoms with Crippen LogP contribution >= 0.6 is 0 Å². The number of hydrogen-bond acceptors (Lipinski definition) is 4. The minimum Gasteiger partial charge on any atom is -0.344 e. The Morgan fingerprint density at radius 2 is 1.86 bits per heavy atom. The summed E-state index contributed by atoms with van der Waals surface area (Å²) in [5, 5.41) is 9.57. The normalized spacial score (nSPS) is 10.7. The van der Waals surface area contributed by atoms with Crippen molar-refractivity contribution in [1.82, 2.24) is 20.1 Å². The lowest BCUT2D eigenvalue weighted by Gasteiger charge is -2.09. The van der Waals surface area contributed by atoms with Crippen LogP contribution in [0.3, 0.4) is 0 Å². The van der Waals surface area contributed by atoms with Gasteiger partial charge in [-0.25, -0.2) is 4.68 Å². The molecular formula is C20H21N5O3. The van der Waals surface area contributed by atoms with Gasteiger partial charge in [-0.05, 0) is 24.1 Å². The van der Waals surface area contributed by atoms with Crippen LogP contribution in [0, 0.1) is 0 Å². The summed E-state index contributed by atoms with van der Waals surface area (Å²) in [6, 6.07) is 14.3. The Morgan fingerprint density at radius 1 is 1.11 bits per heavy atom. The second kappa shape index (κ2) is 8.34. The zero-order chi connectivity index (χ0) is 20.1. The second-order valence-corrected chi connectivity index (χ2v) is 6.52. The van der Waals surface area contributed by atoms with Gasteiger partial charge >= 0.3 is 11.8 Å². The molecular weight excluding hydrogens is 358 g/mol. The number of anilines is 1. The van der Waals surface area contributed by atoms with Crippen molar-refractivity contribution in [2.75, 3.05) is 5.32 Å². The van der Waals surface area contributed by atoms with E-state index in [2.05, 4.69) is 20.7 Å². The summed E-state index contributed by atoms with van der Waals surface area (Å²) < 4.78 is 1.59. The number of carbonyl (C=O) groups excluding carboxylic acids is 2. The number of aromatic nitrogens is 3. The summed E-state index contributed by atoms with van der Waals surface area (Å²) in [5.74, 6) is -1.12. The Balaban J connectivity index is 1.75. The van der Waals surface area contributed by atoms with Gasteiger partial charge in [-0.1, -0.05) is 38.1 Å². The minimum atomic E-state index is -0.838. The van der Waals surface area contributed by atoms with Crippen LogP contribution in [0.1, 0.15) is 31.0 Å². The molecule has 0 saturated carbocycles. The number of amides is 2. The van der Waals surface area contributed by atoms with E-state index in [1.54, 1.807) is 22.9 Å². The fourth-order valence-electron chi connectivity index (χ4n) is 2.56. The number of carbonyl (C=O) groups is 2. The van der Waals surface area contributed by atoms with Crippen molar-refractivity contribution in [2.45, 2.75) is 26.3 Å². The van der Waals surface area contributed by atoms with Crippen LogP contribution in [0.4, 0.5) is 5.82 Å². The molecule has 2 amide bonds. The predicted molar refractivity (Wildman–Crippen MR) is 105 cm³/mol. The number of benzene rings is 1. The largest absolute Gasteiger partial charge is 0.344 e. The van der Waals surface area contributed by atoms with Gasteiger partial charge < -0.3 is 15.6 Å². The fourth-order valence-corrected chi connectivity index (χ4v) is 2.56. The van der Waals surface area contributed by atoms with Crippen molar-refractivity contribution in [3.63, 3.8) is 0 Å². The highest BCUT2D eigenvalue weighted by Crippen LogP contribution is 2.21. The summed E-state index contributed by atoms with van der Waals surface area (Å²) in [7, 11) is 0. The molecule has 3 aromatic rings. The average molecular weight is 379 g/mol. The van der Waals surface area contributed by atoms with E-state index in [-0.39, 0.29) is 18.0 Å².